The molecule has 2 aliphatic rings. The van der Waals surface area contributed by atoms with Crippen LogP contribution in [0.25, 0.3) is 0 Å². The van der Waals surface area contributed by atoms with Gasteiger partial charge in [0.15, 0.2) is 0 Å². The zero-order chi connectivity index (χ0) is 13.0. The third-order valence-corrected chi connectivity index (χ3v) is 3.94. The smallest absolute Gasteiger partial charge is 0.380 e. The first-order valence-electron chi connectivity index (χ1n) is 6.17. The molecule has 0 amide bonds. The average Bonchev–Trinajstić information content (AvgIpc) is 2.56. The largest absolute Gasteiger partial charge is 0.433 e. The highest BCUT2D eigenvalue weighted by Crippen LogP contribution is 2.53. The van der Waals surface area contributed by atoms with Crippen molar-refractivity contribution < 1.29 is 17.9 Å². The Hall–Kier alpha value is -1.04. The summed E-state index contributed by atoms with van der Waals surface area (Å²) in [6.45, 7) is 3.19. The summed E-state index contributed by atoms with van der Waals surface area (Å²) in [5.41, 5.74) is 0.0406. The normalized spacial score (nSPS) is 22.9. The number of aromatic nitrogens is 2. The summed E-state index contributed by atoms with van der Waals surface area (Å²) in [5, 5.41) is 4.10. The first-order valence-corrected chi connectivity index (χ1v) is 6.17. The molecule has 1 spiro atoms. The van der Waals surface area contributed by atoms with Gasteiger partial charge in [0.1, 0.15) is 5.69 Å². The highest BCUT2D eigenvalue weighted by Gasteiger charge is 2.52. The van der Waals surface area contributed by atoms with Gasteiger partial charge in [-0.05, 0) is 25.3 Å². The van der Waals surface area contributed by atoms with E-state index >= 15 is 0 Å². The first-order chi connectivity index (χ1) is 8.43. The van der Waals surface area contributed by atoms with Crippen LogP contribution < -0.4 is 0 Å². The number of hydrogen-bond donors (Lipinski definition) is 0. The van der Waals surface area contributed by atoms with E-state index in [1.165, 1.54) is 10.7 Å². The summed E-state index contributed by atoms with van der Waals surface area (Å²) in [6, 6.07) is 1.05. The van der Waals surface area contributed by atoms with Crippen molar-refractivity contribution in [3.05, 3.63) is 17.5 Å². The number of nitrogens with zero attached hydrogens (tertiary/aromatic N) is 2. The lowest BCUT2D eigenvalue weighted by atomic mass is 9.64. The maximum absolute atomic E-state index is 12.9. The fraction of sp³-hybridized carbons (Fsp3) is 0.750. The molecule has 2 heterocycles. The highest BCUT2D eigenvalue weighted by atomic mass is 19.4. The van der Waals surface area contributed by atoms with Crippen molar-refractivity contribution in [3.8, 4) is 0 Å². The van der Waals surface area contributed by atoms with Gasteiger partial charge in [0.25, 0.3) is 0 Å². The number of aryl methyl sites for hydroxylation is 1. The molecule has 3 rings (SSSR count). The van der Waals surface area contributed by atoms with Crippen LogP contribution in [0.2, 0.25) is 0 Å². The molecule has 3 nitrogen and oxygen atoms in total. The molecule has 1 saturated carbocycles. The van der Waals surface area contributed by atoms with Gasteiger partial charge in [-0.3, -0.25) is 4.68 Å². The van der Waals surface area contributed by atoms with Crippen LogP contribution in [0.3, 0.4) is 0 Å². The molecule has 1 aliphatic heterocycles. The predicted octanol–water partition coefficient (Wildman–Crippen LogP) is 2.82. The molecule has 0 bridgehead atoms. The molecule has 1 saturated heterocycles. The Balaban J connectivity index is 1.85. The van der Waals surface area contributed by atoms with Crippen LogP contribution in [0.4, 0.5) is 13.2 Å². The monoisotopic (exact) mass is 260 g/mol. The maximum Gasteiger partial charge on any atom is 0.433 e. The van der Waals surface area contributed by atoms with Gasteiger partial charge in [-0.15, -0.1) is 0 Å². The lowest BCUT2D eigenvalue weighted by Crippen LogP contribution is -2.53. The third kappa shape index (κ3) is 1.74. The minimum atomic E-state index is -4.32. The van der Waals surface area contributed by atoms with Crippen molar-refractivity contribution >= 4 is 0 Å². The second-order valence-corrected chi connectivity index (χ2v) is 5.37. The van der Waals surface area contributed by atoms with Crippen molar-refractivity contribution in [1.82, 2.24) is 9.78 Å². The molecular formula is C12H15F3N2O. The van der Waals surface area contributed by atoms with Crippen LogP contribution in [-0.4, -0.2) is 23.0 Å². The molecular weight excluding hydrogens is 245 g/mol. The van der Waals surface area contributed by atoms with E-state index in [4.69, 9.17) is 4.74 Å². The van der Waals surface area contributed by atoms with Crippen LogP contribution in [0.1, 0.15) is 37.2 Å². The average molecular weight is 260 g/mol. The molecule has 0 N–H and O–H groups in total. The molecule has 2 fully saturated rings. The van der Waals surface area contributed by atoms with E-state index in [0.717, 1.165) is 12.8 Å². The lowest BCUT2D eigenvalue weighted by molar-refractivity contribution is -0.182. The van der Waals surface area contributed by atoms with Crippen LogP contribution in [0.5, 0.6) is 0 Å². The van der Waals surface area contributed by atoms with E-state index in [1.807, 2.05) is 6.92 Å². The fourth-order valence-electron chi connectivity index (χ4n) is 2.85. The van der Waals surface area contributed by atoms with Crippen molar-refractivity contribution in [2.75, 3.05) is 13.2 Å². The summed E-state index contributed by atoms with van der Waals surface area (Å²) in [7, 11) is 0. The van der Waals surface area contributed by atoms with E-state index in [1.54, 1.807) is 0 Å². The number of alkyl halides is 3. The molecule has 18 heavy (non-hydrogen) atoms. The molecule has 1 aliphatic carbocycles. The Kier molecular flexibility index (Phi) is 2.49. The van der Waals surface area contributed by atoms with Gasteiger partial charge in [0, 0.05) is 5.41 Å². The van der Waals surface area contributed by atoms with Crippen molar-refractivity contribution in [2.24, 2.45) is 5.41 Å². The van der Waals surface area contributed by atoms with Gasteiger partial charge in [-0.1, -0.05) is 6.92 Å². The minimum absolute atomic E-state index is 0.120. The molecule has 100 valence electrons. The Morgan fingerprint density at radius 2 is 2.11 bits per heavy atom. The number of rotatable bonds is 2. The van der Waals surface area contributed by atoms with Gasteiger partial charge in [0.2, 0.25) is 0 Å². The summed E-state index contributed by atoms with van der Waals surface area (Å²) in [5.74, 6) is 0. The standard InChI is InChI=1S/C12H15F3N2O/c1-2-8-3-10(12(13,14)15)17(16-8)9-4-11(5-9)6-18-7-11/h3,9H,2,4-7H2,1H3. The summed E-state index contributed by atoms with van der Waals surface area (Å²) < 4.78 is 45.1. The Labute approximate surface area is 103 Å². The number of halogens is 3. The van der Waals surface area contributed by atoms with E-state index < -0.39 is 11.9 Å². The van der Waals surface area contributed by atoms with Crippen LogP contribution in [-0.2, 0) is 17.3 Å². The van der Waals surface area contributed by atoms with Crippen LogP contribution in [0.15, 0.2) is 6.07 Å². The Bertz CT molecular complexity index is 454. The summed E-state index contributed by atoms with van der Waals surface area (Å²) >= 11 is 0. The van der Waals surface area contributed by atoms with Crippen LogP contribution in [0, 0.1) is 5.41 Å². The van der Waals surface area contributed by atoms with Crippen molar-refractivity contribution in [1.29, 1.82) is 0 Å². The fourth-order valence-corrected chi connectivity index (χ4v) is 2.85. The zero-order valence-corrected chi connectivity index (χ0v) is 10.1. The van der Waals surface area contributed by atoms with Gasteiger partial charge in [-0.2, -0.15) is 18.3 Å². The quantitative estimate of drug-likeness (QED) is 0.817. The highest BCUT2D eigenvalue weighted by molar-refractivity contribution is 5.16. The topological polar surface area (TPSA) is 27.1 Å². The minimum Gasteiger partial charge on any atom is -0.380 e. The zero-order valence-electron chi connectivity index (χ0n) is 10.1. The van der Waals surface area contributed by atoms with Gasteiger partial charge in [0.05, 0.1) is 24.9 Å². The molecule has 1 aromatic heterocycles. The van der Waals surface area contributed by atoms with E-state index in [0.29, 0.717) is 25.3 Å². The van der Waals surface area contributed by atoms with E-state index in [-0.39, 0.29) is 11.5 Å². The molecule has 0 aromatic carbocycles. The SMILES string of the molecule is CCc1cc(C(F)(F)F)n(C2CC3(COC3)C2)n1. The first kappa shape index (κ1) is 12.0. The van der Waals surface area contributed by atoms with Gasteiger partial charge >= 0.3 is 6.18 Å². The maximum atomic E-state index is 12.9. The summed E-state index contributed by atoms with van der Waals surface area (Å²) in [4.78, 5) is 0. The molecule has 0 atom stereocenters. The Morgan fingerprint density at radius 3 is 2.56 bits per heavy atom. The van der Waals surface area contributed by atoms with E-state index in [2.05, 4.69) is 5.10 Å². The van der Waals surface area contributed by atoms with Crippen LogP contribution >= 0.6 is 0 Å². The van der Waals surface area contributed by atoms with Gasteiger partial charge in [-0.25, -0.2) is 0 Å². The Morgan fingerprint density at radius 1 is 1.44 bits per heavy atom. The number of hydrogen-bond acceptors (Lipinski definition) is 2. The van der Waals surface area contributed by atoms with Crippen molar-refractivity contribution in [3.63, 3.8) is 0 Å². The van der Waals surface area contributed by atoms with Crippen molar-refractivity contribution in [2.45, 2.75) is 38.4 Å². The molecule has 1 aromatic rings. The number of ether oxygens (including phenoxy) is 1. The van der Waals surface area contributed by atoms with E-state index in [9.17, 15) is 13.2 Å². The summed E-state index contributed by atoms with van der Waals surface area (Å²) in [6.07, 6.45) is -2.29. The lowest BCUT2D eigenvalue weighted by Gasteiger charge is -2.53. The predicted molar refractivity (Wildman–Crippen MR) is 58.1 cm³/mol. The molecule has 6 heteroatoms. The molecule has 0 radical (unpaired) electrons. The van der Waals surface area contributed by atoms with Gasteiger partial charge < -0.3 is 4.74 Å². The molecule has 0 unspecified atom stereocenters. The second-order valence-electron chi connectivity index (χ2n) is 5.37. The second kappa shape index (κ2) is 3.73. The third-order valence-electron chi connectivity index (χ3n) is 3.94.